The van der Waals surface area contributed by atoms with Gasteiger partial charge in [0.2, 0.25) is 0 Å². The third kappa shape index (κ3) is 3.27. The van der Waals surface area contributed by atoms with E-state index >= 15 is 0 Å². The minimum absolute atomic E-state index is 0.129. The Morgan fingerprint density at radius 2 is 1.32 bits per heavy atom. The quantitative estimate of drug-likeness (QED) is 0.845. The average Bonchev–Trinajstić information content (AvgIpc) is 2.54. The molecule has 22 heavy (non-hydrogen) atoms. The maximum absolute atomic E-state index is 9.76. The molecule has 2 aromatic carbocycles. The highest BCUT2D eigenvalue weighted by atomic mass is 16.5. The molecule has 0 fully saturated rings. The summed E-state index contributed by atoms with van der Waals surface area (Å²) in [6.45, 7) is 2.13. The molecule has 0 saturated heterocycles. The molecule has 0 aliphatic rings. The SMILES string of the molecule is CCCC(c1ccc(O)c(OC)c1)c1ccc(O)c(OC)c1. The van der Waals surface area contributed by atoms with Crippen molar-refractivity contribution in [1.29, 1.82) is 0 Å². The topological polar surface area (TPSA) is 58.9 Å². The van der Waals surface area contributed by atoms with Crippen molar-refractivity contribution in [3.8, 4) is 23.0 Å². The Balaban J connectivity index is 2.45. The fourth-order valence-corrected chi connectivity index (χ4v) is 2.64. The van der Waals surface area contributed by atoms with Gasteiger partial charge < -0.3 is 19.7 Å². The summed E-state index contributed by atoms with van der Waals surface area (Å²) in [5.41, 5.74) is 2.12. The van der Waals surface area contributed by atoms with Gasteiger partial charge in [-0.3, -0.25) is 0 Å². The van der Waals surface area contributed by atoms with Gasteiger partial charge in [-0.05, 0) is 41.8 Å². The molecule has 0 unspecified atom stereocenters. The second-order valence-corrected chi connectivity index (χ2v) is 5.20. The van der Waals surface area contributed by atoms with E-state index in [1.54, 1.807) is 12.1 Å². The summed E-state index contributed by atoms with van der Waals surface area (Å²) in [5.74, 6) is 1.33. The van der Waals surface area contributed by atoms with Crippen molar-refractivity contribution in [3.05, 3.63) is 47.5 Å². The molecule has 0 bridgehead atoms. The molecule has 0 heterocycles. The lowest BCUT2D eigenvalue weighted by Gasteiger charge is -2.19. The largest absolute Gasteiger partial charge is 0.504 e. The number of hydrogen-bond donors (Lipinski definition) is 2. The van der Waals surface area contributed by atoms with Gasteiger partial charge in [-0.2, -0.15) is 0 Å². The Labute approximate surface area is 130 Å². The summed E-state index contributed by atoms with van der Waals surface area (Å²) >= 11 is 0. The molecule has 2 rings (SSSR count). The number of phenols is 2. The average molecular weight is 302 g/mol. The zero-order chi connectivity index (χ0) is 16.1. The van der Waals surface area contributed by atoms with Gasteiger partial charge in [0.25, 0.3) is 0 Å². The van der Waals surface area contributed by atoms with Crippen LogP contribution < -0.4 is 9.47 Å². The number of benzene rings is 2. The van der Waals surface area contributed by atoms with Gasteiger partial charge in [0.15, 0.2) is 23.0 Å². The first-order chi connectivity index (χ1) is 10.6. The van der Waals surface area contributed by atoms with Crippen molar-refractivity contribution in [2.45, 2.75) is 25.7 Å². The normalized spacial score (nSPS) is 10.7. The minimum atomic E-state index is 0.129. The molecule has 0 atom stereocenters. The van der Waals surface area contributed by atoms with E-state index in [1.807, 2.05) is 24.3 Å². The van der Waals surface area contributed by atoms with Gasteiger partial charge >= 0.3 is 0 Å². The summed E-state index contributed by atoms with van der Waals surface area (Å²) < 4.78 is 10.4. The van der Waals surface area contributed by atoms with Gasteiger partial charge in [0, 0.05) is 5.92 Å². The Morgan fingerprint density at radius 3 is 1.68 bits per heavy atom. The first-order valence-electron chi connectivity index (χ1n) is 7.34. The molecule has 0 saturated carbocycles. The van der Waals surface area contributed by atoms with Crippen LogP contribution in [-0.4, -0.2) is 24.4 Å². The van der Waals surface area contributed by atoms with Crippen LogP contribution in [0.15, 0.2) is 36.4 Å². The summed E-state index contributed by atoms with van der Waals surface area (Å²) in [7, 11) is 3.08. The maximum Gasteiger partial charge on any atom is 0.160 e. The van der Waals surface area contributed by atoms with Crippen LogP contribution in [0, 0.1) is 0 Å². The lowest BCUT2D eigenvalue weighted by atomic mass is 9.87. The van der Waals surface area contributed by atoms with Crippen molar-refractivity contribution >= 4 is 0 Å². The predicted molar refractivity (Wildman–Crippen MR) is 86.1 cm³/mol. The molecule has 2 N–H and O–H groups in total. The predicted octanol–water partition coefficient (Wildman–Crippen LogP) is 4.05. The third-order valence-corrected chi connectivity index (χ3v) is 3.79. The highest BCUT2D eigenvalue weighted by molar-refractivity contribution is 5.48. The molecule has 0 radical (unpaired) electrons. The van der Waals surface area contributed by atoms with Gasteiger partial charge in [0.1, 0.15) is 0 Å². The van der Waals surface area contributed by atoms with Gasteiger partial charge in [0.05, 0.1) is 14.2 Å². The van der Waals surface area contributed by atoms with Crippen LogP contribution in [0.25, 0.3) is 0 Å². The van der Waals surface area contributed by atoms with Crippen LogP contribution in [0.1, 0.15) is 36.8 Å². The summed E-state index contributed by atoms with van der Waals surface area (Å²) in [5, 5.41) is 19.5. The summed E-state index contributed by atoms with van der Waals surface area (Å²) in [6, 6.07) is 10.8. The second kappa shape index (κ2) is 7.07. The van der Waals surface area contributed by atoms with Gasteiger partial charge in [-0.1, -0.05) is 25.5 Å². The second-order valence-electron chi connectivity index (χ2n) is 5.20. The fraction of sp³-hybridized carbons (Fsp3) is 0.333. The van der Waals surface area contributed by atoms with E-state index < -0.39 is 0 Å². The molecule has 0 aliphatic carbocycles. The van der Waals surface area contributed by atoms with Crippen LogP contribution in [-0.2, 0) is 0 Å². The number of methoxy groups -OCH3 is 2. The maximum atomic E-state index is 9.76. The third-order valence-electron chi connectivity index (χ3n) is 3.79. The number of aromatic hydroxyl groups is 2. The monoisotopic (exact) mass is 302 g/mol. The lowest BCUT2D eigenvalue weighted by Crippen LogP contribution is -2.02. The molecule has 0 amide bonds. The molecule has 4 nitrogen and oxygen atoms in total. The molecule has 0 aliphatic heterocycles. The Morgan fingerprint density at radius 1 is 0.864 bits per heavy atom. The van der Waals surface area contributed by atoms with Crippen LogP contribution >= 0.6 is 0 Å². The zero-order valence-corrected chi connectivity index (χ0v) is 13.2. The molecular formula is C18H22O4. The molecule has 0 spiro atoms. The van der Waals surface area contributed by atoms with Crippen molar-refractivity contribution in [2.75, 3.05) is 14.2 Å². The molecule has 0 aromatic heterocycles. The summed E-state index contributed by atoms with van der Waals surface area (Å²) in [6.07, 6.45) is 1.96. The van der Waals surface area contributed by atoms with E-state index in [0.717, 1.165) is 24.0 Å². The number of phenolic OH excluding ortho intramolecular Hbond substituents is 2. The number of hydrogen-bond acceptors (Lipinski definition) is 4. The van der Waals surface area contributed by atoms with Gasteiger partial charge in [-0.15, -0.1) is 0 Å². The van der Waals surface area contributed by atoms with Gasteiger partial charge in [-0.25, -0.2) is 0 Å². The van der Waals surface area contributed by atoms with E-state index in [-0.39, 0.29) is 17.4 Å². The first kappa shape index (κ1) is 16.0. The number of ether oxygens (including phenoxy) is 2. The smallest absolute Gasteiger partial charge is 0.160 e. The van der Waals surface area contributed by atoms with Crippen molar-refractivity contribution in [1.82, 2.24) is 0 Å². The van der Waals surface area contributed by atoms with Crippen LogP contribution in [0.4, 0.5) is 0 Å². The molecule has 118 valence electrons. The zero-order valence-electron chi connectivity index (χ0n) is 13.2. The molecular weight excluding hydrogens is 280 g/mol. The van der Waals surface area contributed by atoms with E-state index in [2.05, 4.69) is 6.92 Å². The minimum Gasteiger partial charge on any atom is -0.504 e. The van der Waals surface area contributed by atoms with Crippen molar-refractivity contribution < 1.29 is 19.7 Å². The molecule has 2 aromatic rings. The Hall–Kier alpha value is -2.36. The van der Waals surface area contributed by atoms with E-state index in [4.69, 9.17) is 9.47 Å². The van der Waals surface area contributed by atoms with E-state index in [1.165, 1.54) is 14.2 Å². The Kier molecular flexibility index (Phi) is 5.15. The Bertz CT molecular complexity index is 583. The number of rotatable bonds is 6. The standard InChI is InChI=1S/C18H22O4/c1-4-5-14(12-6-8-15(19)17(10-12)21-2)13-7-9-16(20)18(11-13)22-3/h6-11,14,19-20H,4-5H2,1-3H3. The van der Waals surface area contributed by atoms with Crippen LogP contribution in [0.5, 0.6) is 23.0 Å². The van der Waals surface area contributed by atoms with E-state index in [0.29, 0.717) is 11.5 Å². The summed E-state index contributed by atoms with van der Waals surface area (Å²) in [4.78, 5) is 0. The van der Waals surface area contributed by atoms with E-state index in [9.17, 15) is 10.2 Å². The molecule has 4 heteroatoms. The lowest BCUT2D eigenvalue weighted by molar-refractivity contribution is 0.371. The van der Waals surface area contributed by atoms with Crippen LogP contribution in [0.2, 0.25) is 0 Å². The fourth-order valence-electron chi connectivity index (χ4n) is 2.64. The van der Waals surface area contributed by atoms with Crippen LogP contribution in [0.3, 0.4) is 0 Å². The first-order valence-corrected chi connectivity index (χ1v) is 7.34. The van der Waals surface area contributed by atoms with Crippen molar-refractivity contribution in [3.63, 3.8) is 0 Å². The highest BCUT2D eigenvalue weighted by Crippen LogP contribution is 2.37. The highest BCUT2D eigenvalue weighted by Gasteiger charge is 2.17. The van der Waals surface area contributed by atoms with Crippen molar-refractivity contribution in [2.24, 2.45) is 0 Å².